The van der Waals surface area contributed by atoms with E-state index in [9.17, 15) is 8.42 Å². The predicted molar refractivity (Wildman–Crippen MR) is 118 cm³/mol. The van der Waals surface area contributed by atoms with Gasteiger partial charge in [0.05, 0.1) is 37.8 Å². The first-order valence-corrected chi connectivity index (χ1v) is 11.8. The van der Waals surface area contributed by atoms with Crippen LogP contribution in [-0.4, -0.2) is 87.4 Å². The van der Waals surface area contributed by atoms with Gasteiger partial charge in [0.15, 0.2) is 5.96 Å². The highest BCUT2D eigenvalue weighted by Crippen LogP contribution is 2.23. The molecule has 0 unspecified atom stereocenters. The van der Waals surface area contributed by atoms with Crippen molar-refractivity contribution in [1.82, 2.24) is 19.5 Å². The Morgan fingerprint density at radius 1 is 1.27 bits per heavy atom. The van der Waals surface area contributed by atoms with E-state index >= 15 is 0 Å². The summed E-state index contributed by atoms with van der Waals surface area (Å²) >= 11 is 0. The van der Waals surface area contributed by atoms with E-state index in [1.807, 2.05) is 27.7 Å². The van der Waals surface area contributed by atoms with Crippen LogP contribution < -0.4 is 10.1 Å². The maximum absolute atomic E-state index is 12.5. The minimum atomic E-state index is -3.31. The fourth-order valence-electron chi connectivity index (χ4n) is 3.44. The summed E-state index contributed by atoms with van der Waals surface area (Å²) in [6.07, 6.45) is 1.83. The van der Waals surface area contributed by atoms with Crippen LogP contribution in [0.3, 0.4) is 0 Å². The Hall–Kier alpha value is -1.91. The number of aryl methyl sites for hydroxylation is 1. The smallest absolute Gasteiger partial charge is 0.216 e. The highest BCUT2D eigenvalue weighted by atomic mass is 32.2. The van der Waals surface area contributed by atoms with Gasteiger partial charge in [-0.25, -0.2) is 8.42 Å². The van der Waals surface area contributed by atoms with E-state index in [1.54, 1.807) is 20.4 Å². The highest BCUT2D eigenvalue weighted by molar-refractivity contribution is 7.89. The van der Waals surface area contributed by atoms with Gasteiger partial charge < -0.3 is 19.7 Å². The van der Waals surface area contributed by atoms with Crippen LogP contribution in [-0.2, 0) is 21.3 Å². The summed E-state index contributed by atoms with van der Waals surface area (Å²) in [5, 5.41) is 3.34. The third-order valence-electron chi connectivity index (χ3n) is 5.10. The van der Waals surface area contributed by atoms with Gasteiger partial charge in [-0.1, -0.05) is 0 Å². The number of piperazine rings is 1. The Bertz CT molecular complexity index is 834. The first-order chi connectivity index (χ1) is 14.2. The monoisotopic (exact) mass is 441 g/mol. The van der Waals surface area contributed by atoms with Crippen molar-refractivity contribution < 1.29 is 17.9 Å². The molecule has 1 fully saturated rings. The SMILES string of the molecule is CN=C(NCc1ncc(C)c(OC)c1C)N1CCN(S(=O)(=O)CCOC(C)C)CC1. The summed E-state index contributed by atoms with van der Waals surface area (Å²) in [6.45, 7) is 10.5. The molecule has 0 bridgehead atoms. The van der Waals surface area contributed by atoms with Crippen molar-refractivity contribution in [2.75, 3.05) is 52.7 Å². The molecular weight excluding hydrogens is 406 g/mol. The molecular formula is C20H35N5O4S. The minimum Gasteiger partial charge on any atom is -0.496 e. The van der Waals surface area contributed by atoms with E-state index in [0.29, 0.717) is 32.7 Å². The average molecular weight is 442 g/mol. The van der Waals surface area contributed by atoms with Crippen molar-refractivity contribution in [3.8, 4) is 5.75 Å². The third-order valence-corrected chi connectivity index (χ3v) is 6.93. The number of nitrogens with zero attached hydrogens (tertiary/aromatic N) is 4. The lowest BCUT2D eigenvalue weighted by Gasteiger charge is -2.35. The molecule has 170 valence electrons. The molecule has 1 aromatic rings. The third kappa shape index (κ3) is 6.29. The molecule has 2 heterocycles. The number of sulfonamides is 1. The molecule has 30 heavy (non-hydrogen) atoms. The second-order valence-electron chi connectivity index (χ2n) is 7.57. The van der Waals surface area contributed by atoms with Crippen LogP contribution in [0.15, 0.2) is 11.2 Å². The van der Waals surface area contributed by atoms with Crippen LogP contribution in [0.4, 0.5) is 0 Å². The van der Waals surface area contributed by atoms with E-state index in [4.69, 9.17) is 9.47 Å². The van der Waals surface area contributed by atoms with Gasteiger partial charge in [0.2, 0.25) is 10.0 Å². The number of guanidine groups is 1. The molecule has 0 saturated carbocycles. The standard InChI is InChI=1S/C20H35N5O4S/c1-15(2)29-11-12-30(26,27)25-9-7-24(8-10-25)20(21-5)23-14-18-17(4)19(28-6)16(3)13-22-18/h13,15H,7-12,14H2,1-6H3,(H,21,23). The zero-order chi connectivity index (χ0) is 22.3. The Labute approximate surface area is 180 Å². The van der Waals surface area contributed by atoms with Gasteiger partial charge in [-0.15, -0.1) is 0 Å². The van der Waals surface area contributed by atoms with Crippen LogP contribution in [0.5, 0.6) is 5.75 Å². The highest BCUT2D eigenvalue weighted by Gasteiger charge is 2.28. The summed E-state index contributed by atoms with van der Waals surface area (Å²) in [5.41, 5.74) is 2.89. The maximum atomic E-state index is 12.5. The zero-order valence-corrected chi connectivity index (χ0v) is 19.8. The van der Waals surface area contributed by atoms with E-state index in [2.05, 4.69) is 20.2 Å². The van der Waals surface area contributed by atoms with Gasteiger partial charge in [-0.3, -0.25) is 9.98 Å². The minimum absolute atomic E-state index is 0.0123. The molecule has 0 aromatic carbocycles. The second-order valence-corrected chi connectivity index (χ2v) is 9.66. The van der Waals surface area contributed by atoms with Crippen molar-refractivity contribution in [2.24, 2.45) is 4.99 Å². The lowest BCUT2D eigenvalue weighted by atomic mass is 10.1. The van der Waals surface area contributed by atoms with Gasteiger partial charge in [0.1, 0.15) is 5.75 Å². The average Bonchev–Trinajstić information content (AvgIpc) is 2.70. The van der Waals surface area contributed by atoms with Crippen molar-refractivity contribution >= 4 is 16.0 Å². The Balaban J connectivity index is 1.91. The zero-order valence-electron chi connectivity index (χ0n) is 18.9. The molecule has 0 spiro atoms. The number of hydrogen-bond acceptors (Lipinski definition) is 6. The first-order valence-electron chi connectivity index (χ1n) is 10.2. The fourth-order valence-corrected chi connectivity index (χ4v) is 4.73. The van der Waals surface area contributed by atoms with Crippen molar-refractivity contribution in [3.63, 3.8) is 0 Å². The Morgan fingerprint density at radius 3 is 2.50 bits per heavy atom. The molecule has 0 aliphatic carbocycles. The van der Waals surface area contributed by atoms with Crippen LogP contribution >= 0.6 is 0 Å². The molecule has 9 nitrogen and oxygen atoms in total. The molecule has 2 rings (SSSR count). The Kier molecular flexibility index (Phi) is 8.87. The van der Waals surface area contributed by atoms with E-state index in [-0.39, 0.29) is 18.5 Å². The number of pyridine rings is 1. The molecule has 0 radical (unpaired) electrons. The number of methoxy groups -OCH3 is 1. The molecule has 1 aromatic heterocycles. The second kappa shape index (κ2) is 10.9. The molecule has 10 heteroatoms. The van der Waals surface area contributed by atoms with E-state index in [1.165, 1.54) is 4.31 Å². The topological polar surface area (TPSA) is 96.4 Å². The van der Waals surface area contributed by atoms with Crippen molar-refractivity contribution in [3.05, 3.63) is 23.0 Å². The van der Waals surface area contributed by atoms with Gasteiger partial charge in [-0.05, 0) is 27.7 Å². The van der Waals surface area contributed by atoms with Crippen LogP contribution in [0.2, 0.25) is 0 Å². The van der Waals surface area contributed by atoms with Gasteiger partial charge in [0, 0.05) is 50.6 Å². The van der Waals surface area contributed by atoms with Crippen molar-refractivity contribution in [1.29, 1.82) is 0 Å². The van der Waals surface area contributed by atoms with Crippen LogP contribution in [0.25, 0.3) is 0 Å². The summed E-state index contributed by atoms with van der Waals surface area (Å²) in [7, 11) is 0.0775. The number of aromatic nitrogens is 1. The number of aliphatic imine (C=N–C) groups is 1. The predicted octanol–water partition coefficient (Wildman–Crippen LogP) is 1.15. The van der Waals surface area contributed by atoms with E-state index < -0.39 is 10.0 Å². The molecule has 1 aliphatic heterocycles. The quantitative estimate of drug-likeness (QED) is 0.478. The molecule has 1 saturated heterocycles. The fraction of sp³-hybridized carbons (Fsp3) is 0.700. The van der Waals surface area contributed by atoms with Gasteiger partial charge in [0.25, 0.3) is 0 Å². The number of nitrogens with one attached hydrogen (secondary N) is 1. The number of rotatable bonds is 8. The molecule has 1 aliphatic rings. The normalized spacial score (nSPS) is 16.2. The molecule has 1 N–H and O–H groups in total. The molecule has 0 amide bonds. The Morgan fingerprint density at radius 2 is 1.93 bits per heavy atom. The van der Waals surface area contributed by atoms with Gasteiger partial charge in [-0.2, -0.15) is 4.31 Å². The van der Waals surface area contributed by atoms with Gasteiger partial charge >= 0.3 is 0 Å². The lowest BCUT2D eigenvalue weighted by molar-refractivity contribution is 0.0904. The largest absolute Gasteiger partial charge is 0.496 e. The van der Waals surface area contributed by atoms with Crippen molar-refractivity contribution in [2.45, 2.75) is 40.3 Å². The van der Waals surface area contributed by atoms with E-state index in [0.717, 1.165) is 28.5 Å². The number of hydrogen-bond donors (Lipinski definition) is 1. The summed E-state index contributed by atoms with van der Waals surface area (Å²) in [6, 6.07) is 0. The molecule has 0 atom stereocenters. The maximum Gasteiger partial charge on any atom is 0.216 e. The van der Waals surface area contributed by atoms with Crippen LogP contribution in [0, 0.1) is 13.8 Å². The number of ether oxygens (including phenoxy) is 2. The summed E-state index contributed by atoms with van der Waals surface area (Å²) in [4.78, 5) is 10.9. The van der Waals surface area contributed by atoms with Crippen LogP contribution in [0.1, 0.15) is 30.7 Å². The lowest BCUT2D eigenvalue weighted by Crippen LogP contribution is -2.54. The summed E-state index contributed by atoms with van der Waals surface area (Å²) < 4.78 is 37.4. The first kappa shape index (κ1) is 24.4. The summed E-state index contributed by atoms with van der Waals surface area (Å²) in [5.74, 6) is 1.59.